The van der Waals surface area contributed by atoms with E-state index in [1.165, 1.54) is 5.56 Å². The summed E-state index contributed by atoms with van der Waals surface area (Å²) < 4.78 is 0. The summed E-state index contributed by atoms with van der Waals surface area (Å²) in [5, 5.41) is 2.91. The van der Waals surface area contributed by atoms with E-state index in [1.54, 1.807) is 0 Å². The van der Waals surface area contributed by atoms with Gasteiger partial charge in [0.15, 0.2) is 0 Å². The van der Waals surface area contributed by atoms with Crippen molar-refractivity contribution in [2.24, 2.45) is 11.8 Å². The summed E-state index contributed by atoms with van der Waals surface area (Å²) in [6, 6.07) is 19.8. The molecule has 5 nitrogen and oxygen atoms in total. The lowest BCUT2D eigenvalue weighted by Gasteiger charge is -2.35. The highest BCUT2D eigenvalue weighted by atomic mass is 16.2. The third-order valence-electron chi connectivity index (χ3n) is 5.42. The van der Waals surface area contributed by atoms with Gasteiger partial charge in [0.25, 0.3) is 0 Å². The average molecular weight is 363 g/mol. The minimum atomic E-state index is -0.181. The number of nitrogens with one attached hydrogen (secondary N) is 1. The zero-order chi connectivity index (χ0) is 18.6. The molecule has 27 heavy (non-hydrogen) atoms. The van der Waals surface area contributed by atoms with Crippen molar-refractivity contribution >= 4 is 17.5 Å². The molecule has 140 valence electrons. The minimum absolute atomic E-state index is 0.0396. The molecule has 1 aliphatic carbocycles. The molecule has 2 aromatic carbocycles. The smallest absolute Gasteiger partial charge is 0.228 e. The van der Waals surface area contributed by atoms with Crippen molar-refractivity contribution in [2.75, 3.05) is 31.5 Å². The van der Waals surface area contributed by atoms with E-state index in [0.29, 0.717) is 6.42 Å². The lowest BCUT2D eigenvalue weighted by Crippen LogP contribution is -2.49. The van der Waals surface area contributed by atoms with E-state index in [-0.39, 0.29) is 23.7 Å². The van der Waals surface area contributed by atoms with Crippen molar-refractivity contribution in [2.45, 2.75) is 13.0 Å². The van der Waals surface area contributed by atoms with Crippen LogP contribution in [0.2, 0.25) is 0 Å². The second kappa shape index (κ2) is 7.92. The predicted octanol–water partition coefficient (Wildman–Crippen LogP) is 2.61. The fourth-order valence-corrected chi connectivity index (χ4v) is 3.72. The quantitative estimate of drug-likeness (QED) is 0.888. The third kappa shape index (κ3) is 4.37. The summed E-state index contributed by atoms with van der Waals surface area (Å²) in [5.41, 5.74) is 2.09. The molecule has 2 aromatic rings. The molecule has 2 unspecified atom stereocenters. The van der Waals surface area contributed by atoms with Crippen LogP contribution in [0.25, 0.3) is 0 Å². The number of anilines is 1. The summed E-state index contributed by atoms with van der Waals surface area (Å²) in [5.74, 6) is -0.223. The number of amides is 2. The maximum Gasteiger partial charge on any atom is 0.228 e. The molecule has 4 rings (SSSR count). The first kappa shape index (κ1) is 17.7. The van der Waals surface area contributed by atoms with Crippen LogP contribution in [0.3, 0.4) is 0 Å². The van der Waals surface area contributed by atoms with Gasteiger partial charge in [-0.3, -0.25) is 14.5 Å². The van der Waals surface area contributed by atoms with Crippen LogP contribution in [0.4, 0.5) is 5.69 Å². The van der Waals surface area contributed by atoms with Gasteiger partial charge in [0, 0.05) is 38.4 Å². The topological polar surface area (TPSA) is 52.7 Å². The number of para-hydroxylation sites is 1. The van der Waals surface area contributed by atoms with Crippen molar-refractivity contribution in [1.29, 1.82) is 0 Å². The molecule has 0 radical (unpaired) electrons. The van der Waals surface area contributed by atoms with E-state index in [1.807, 2.05) is 41.3 Å². The van der Waals surface area contributed by atoms with Crippen molar-refractivity contribution in [3.05, 3.63) is 66.2 Å². The van der Waals surface area contributed by atoms with Gasteiger partial charge >= 0.3 is 0 Å². The Morgan fingerprint density at radius 3 is 2.15 bits per heavy atom. The highest BCUT2D eigenvalue weighted by Crippen LogP contribution is 2.41. The molecule has 1 saturated carbocycles. The standard InChI is InChI=1S/C22H25N3O2/c26-21(23-18-9-5-2-6-10-18)19-15-20(19)22(27)25-13-11-24(12-14-25)16-17-7-3-1-4-8-17/h1-10,19-20H,11-16H2,(H,23,26). The number of rotatable bonds is 5. The fourth-order valence-electron chi connectivity index (χ4n) is 3.72. The van der Waals surface area contributed by atoms with Crippen molar-refractivity contribution in [3.8, 4) is 0 Å². The molecule has 1 saturated heterocycles. The van der Waals surface area contributed by atoms with Crippen LogP contribution < -0.4 is 5.32 Å². The van der Waals surface area contributed by atoms with Crippen molar-refractivity contribution < 1.29 is 9.59 Å². The first-order chi connectivity index (χ1) is 13.2. The predicted molar refractivity (Wildman–Crippen MR) is 105 cm³/mol. The summed E-state index contributed by atoms with van der Waals surface area (Å²) >= 11 is 0. The van der Waals surface area contributed by atoms with Gasteiger partial charge < -0.3 is 10.2 Å². The number of hydrogen-bond acceptors (Lipinski definition) is 3. The van der Waals surface area contributed by atoms with Crippen LogP contribution in [0, 0.1) is 11.8 Å². The van der Waals surface area contributed by atoms with Gasteiger partial charge in [-0.1, -0.05) is 48.5 Å². The van der Waals surface area contributed by atoms with Gasteiger partial charge in [-0.05, 0) is 24.1 Å². The summed E-state index contributed by atoms with van der Waals surface area (Å²) in [7, 11) is 0. The van der Waals surface area contributed by atoms with Crippen LogP contribution in [0.15, 0.2) is 60.7 Å². The Balaban J connectivity index is 1.24. The molecule has 1 N–H and O–H groups in total. The average Bonchev–Trinajstić information content (AvgIpc) is 3.51. The molecular weight excluding hydrogens is 338 g/mol. The molecule has 2 aliphatic rings. The normalized spacial score (nSPS) is 22.3. The Morgan fingerprint density at radius 1 is 0.852 bits per heavy atom. The van der Waals surface area contributed by atoms with E-state index in [0.717, 1.165) is 38.4 Å². The zero-order valence-corrected chi connectivity index (χ0v) is 15.4. The van der Waals surface area contributed by atoms with Gasteiger partial charge in [-0.15, -0.1) is 0 Å². The Kier molecular flexibility index (Phi) is 5.21. The fraction of sp³-hybridized carbons (Fsp3) is 0.364. The molecule has 5 heteroatoms. The van der Waals surface area contributed by atoms with E-state index in [2.05, 4.69) is 34.5 Å². The minimum Gasteiger partial charge on any atom is -0.340 e. The summed E-state index contributed by atoms with van der Waals surface area (Å²) in [4.78, 5) is 29.4. The van der Waals surface area contributed by atoms with Gasteiger partial charge in [0.2, 0.25) is 11.8 Å². The first-order valence-electron chi connectivity index (χ1n) is 9.62. The first-order valence-corrected chi connectivity index (χ1v) is 9.62. The molecule has 0 spiro atoms. The Labute approximate surface area is 160 Å². The summed E-state index contributed by atoms with van der Waals surface area (Å²) in [6.07, 6.45) is 0.668. The van der Waals surface area contributed by atoms with Crippen LogP contribution in [-0.2, 0) is 16.1 Å². The largest absolute Gasteiger partial charge is 0.340 e. The molecule has 2 fully saturated rings. The number of carbonyl (C=O) groups excluding carboxylic acids is 2. The number of carbonyl (C=O) groups is 2. The van der Waals surface area contributed by atoms with Crippen LogP contribution in [-0.4, -0.2) is 47.8 Å². The van der Waals surface area contributed by atoms with Crippen molar-refractivity contribution in [1.82, 2.24) is 9.80 Å². The van der Waals surface area contributed by atoms with E-state index in [9.17, 15) is 9.59 Å². The van der Waals surface area contributed by atoms with Crippen molar-refractivity contribution in [3.63, 3.8) is 0 Å². The molecular formula is C22H25N3O2. The zero-order valence-electron chi connectivity index (χ0n) is 15.4. The van der Waals surface area contributed by atoms with E-state index >= 15 is 0 Å². The van der Waals surface area contributed by atoms with Gasteiger partial charge in [-0.2, -0.15) is 0 Å². The maximum absolute atomic E-state index is 12.7. The van der Waals surface area contributed by atoms with Crippen LogP contribution in [0.5, 0.6) is 0 Å². The number of piperazine rings is 1. The number of nitrogens with zero attached hydrogens (tertiary/aromatic N) is 2. The van der Waals surface area contributed by atoms with Gasteiger partial charge in [0.1, 0.15) is 0 Å². The molecule has 0 aromatic heterocycles. The monoisotopic (exact) mass is 363 g/mol. The van der Waals surface area contributed by atoms with Crippen LogP contribution in [0.1, 0.15) is 12.0 Å². The highest BCUT2D eigenvalue weighted by molar-refractivity contribution is 5.99. The Bertz CT molecular complexity index is 786. The Hall–Kier alpha value is -2.66. The lowest BCUT2D eigenvalue weighted by atomic mass is 10.2. The van der Waals surface area contributed by atoms with E-state index < -0.39 is 0 Å². The van der Waals surface area contributed by atoms with Crippen LogP contribution >= 0.6 is 0 Å². The molecule has 0 bridgehead atoms. The Morgan fingerprint density at radius 2 is 1.48 bits per heavy atom. The second-order valence-corrected chi connectivity index (χ2v) is 7.39. The molecule has 2 atom stereocenters. The summed E-state index contributed by atoms with van der Waals surface area (Å²) in [6.45, 7) is 4.18. The highest BCUT2D eigenvalue weighted by Gasteiger charge is 2.49. The van der Waals surface area contributed by atoms with E-state index in [4.69, 9.17) is 0 Å². The maximum atomic E-state index is 12.7. The molecule has 1 aliphatic heterocycles. The third-order valence-corrected chi connectivity index (χ3v) is 5.42. The van der Waals surface area contributed by atoms with Gasteiger partial charge in [0.05, 0.1) is 11.8 Å². The van der Waals surface area contributed by atoms with Gasteiger partial charge in [-0.25, -0.2) is 0 Å². The second-order valence-electron chi connectivity index (χ2n) is 7.39. The molecule has 2 amide bonds. The molecule has 1 heterocycles. The SMILES string of the molecule is O=C(Nc1ccccc1)C1CC1C(=O)N1CCN(Cc2ccccc2)CC1. The number of benzene rings is 2. The number of hydrogen-bond donors (Lipinski definition) is 1. The lowest BCUT2D eigenvalue weighted by molar-refractivity contribution is -0.135.